The molecule has 2 aromatic rings. The van der Waals surface area contributed by atoms with E-state index < -0.39 is 67.0 Å². The Morgan fingerprint density at radius 2 is 1.73 bits per heavy atom. The van der Waals surface area contributed by atoms with Crippen LogP contribution in [0.5, 0.6) is 0 Å². The van der Waals surface area contributed by atoms with Gasteiger partial charge in [0.15, 0.2) is 0 Å². The fourth-order valence-electron chi connectivity index (χ4n) is 2.20. The number of nitrogens with one attached hydrogen (secondary N) is 1. The molecule has 0 saturated heterocycles. The van der Waals surface area contributed by atoms with Gasteiger partial charge in [-0.25, -0.2) is 0 Å². The zero-order valence-corrected chi connectivity index (χ0v) is 16.0. The van der Waals surface area contributed by atoms with E-state index in [4.69, 9.17) is 0 Å². The third-order valence-corrected chi connectivity index (χ3v) is 5.54. The van der Waals surface area contributed by atoms with Crippen LogP contribution < -0.4 is 5.32 Å². The SMILES string of the molecule is O=C(C[S@](=O)c1ccc(C(F)(F)F)cc1[N+](=O)[O-])Nc1ccccc1SC(F)(F)F. The normalized spacial score (nSPS) is 13.0. The number of rotatable bonds is 6. The maximum absolute atomic E-state index is 12.7. The second-order valence-corrected chi connectivity index (χ2v) is 8.05. The number of carbonyl (C=O) groups is 1. The Hall–Kier alpha value is -2.61. The summed E-state index contributed by atoms with van der Waals surface area (Å²) >= 11 is -0.492. The average molecular weight is 472 g/mol. The van der Waals surface area contributed by atoms with Gasteiger partial charge >= 0.3 is 11.7 Å². The van der Waals surface area contributed by atoms with Crippen molar-refractivity contribution in [3.05, 3.63) is 58.1 Å². The number of hydrogen-bond donors (Lipinski definition) is 1. The van der Waals surface area contributed by atoms with Gasteiger partial charge in [-0.15, -0.1) is 0 Å². The molecule has 0 aliphatic rings. The largest absolute Gasteiger partial charge is 0.446 e. The van der Waals surface area contributed by atoms with Crippen molar-refractivity contribution < 1.29 is 40.3 Å². The van der Waals surface area contributed by atoms with Crippen LogP contribution in [0.2, 0.25) is 0 Å². The number of para-hydroxylation sites is 1. The van der Waals surface area contributed by atoms with Gasteiger partial charge in [0, 0.05) is 11.0 Å². The summed E-state index contributed by atoms with van der Waals surface area (Å²) in [5, 5.41) is 13.2. The van der Waals surface area contributed by atoms with Crippen molar-refractivity contribution in [1.29, 1.82) is 0 Å². The average Bonchev–Trinajstić information content (AvgIpc) is 2.60. The number of benzene rings is 2. The van der Waals surface area contributed by atoms with E-state index in [1.54, 1.807) is 0 Å². The number of alkyl halides is 6. The molecule has 0 aliphatic carbocycles. The number of thioether (sulfide) groups is 1. The second kappa shape index (κ2) is 9.04. The lowest BCUT2D eigenvalue weighted by atomic mass is 10.2. The van der Waals surface area contributed by atoms with Crippen LogP contribution in [0, 0.1) is 10.1 Å². The molecule has 0 unspecified atom stereocenters. The number of nitrogens with zero attached hydrogens (tertiary/aromatic N) is 1. The van der Waals surface area contributed by atoms with Crippen LogP contribution in [0.25, 0.3) is 0 Å². The van der Waals surface area contributed by atoms with E-state index >= 15 is 0 Å². The predicted molar refractivity (Wildman–Crippen MR) is 96.4 cm³/mol. The highest BCUT2D eigenvalue weighted by atomic mass is 32.2. The molecule has 162 valence electrons. The monoisotopic (exact) mass is 472 g/mol. The maximum Gasteiger partial charge on any atom is 0.446 e. The molecular formula is C16H10F6N2O4S2. The van der Waals surface area contributed by atoms with Gasteiger partial charge in [0.2, 0.25) is 5.91 Å². The minimum atomic E-state index is -4.87. The molecule has 0 heterocycles. The van der Waals surface area contributed by atoms with Gasteiger partial charge in [-0.3, -0.25) is 19.1 Å². The molecule has 2 rings (SSSR count). The Bertz CT molecular complexity index is 994. The molecule has 0 fully saturated rings. The molecule has 0 bridgehead atoms. The van der Waals surface area contributed by atoms with E-state index in [2.05, 4.69) is 5.32 Å². The van der Waals surface area contributed by atoms with Crippen LogP contribution in [-0.4, -0.2) is 26.3 Å². The summed E-state index contributed by atoms with van der Waals surface area (Å²) in [5.41, 5.74) is -7.30. The van der Waals surface area contributed by atoms with Crippen LogP contribution in [0.1, 0.15) is 5.56 Å². The van der Waals surface area contributed by atoms with Crippen LogP contribution in [-0.2, 0) is 21.8 Å². The number of anilines is 1. The highest BCUT2D eigenvalue weighted by Crippen LogP contribution is 2.40. The Morgan fingerprint density at radius 3 is 2.30 bits per heavy atom. The van der Waals surface area contributed by atoms with Gasteiger partial charge in [0.25, 0.3) is 5.69 Å². The fourth-order valence-corrected chi connectivity index (χ4v) is 3.87. The van der Waals surface area contributed by atoms with Gasteiger partial charge in [-0.1, -0.05) is 12.1 Å². The Morgan fingerprint density at radius 1 is 1.10 bits per heavy atom. The van der Waals surface area contributed by atoms with Crippen molar-refractivity contribution in [2.45, 2.75) is 21.5 Å². The molecule has 1 atom stereocenters. The first-order valence-corrected chi connectivity index (χ1v) is 9.80. The third-order valence-electron chi connectivity index (χ3n) is 3.38. The lowest BCUT2D eigenvalue weighted by molar-refractivity contribution is -0.388. The Balaban J connectivity index is 2.21. The van der Waals surface area contributed by atoms with Crippen LogP contribution in [0.3, 0.4) is 0 Å². The molecule has 1 amide bonds. The number of nitro benzene ring substituents is 1. The van der Waals surface area contributed by atoms with Crippen LogP contribution >= 0.6 is 11.8 Å². The molecule has 14 heteroatoms. The molecule has 30 heavy (non-hydrogen) atoms. The minimum Gasteiger partial charge on any atom is -0.324 e. The van der Waals surface area contributed by atoms with E-state index in [0.717, 1.165) is 12.1 Å². The van der Waals surface area contributed by atoms with Gasteiger partial charge in [-0.05, 0) is 36.0 Å². The minimum absolute atomic E-state index is 0.195. The molecule has 6 nitrogen and oxygen atoms in total. The third kappa shape index (κ3) is 6.45. The fraction of sp³-hybridized carbons (Fsp3) is 0.188. The first-order chi connectivity index (χ1) is 13.8. The number of amides is 1. The summed E-state index contributed by atoms with van der Waals surface area (Å²) in [5.74, 6) is -1.96. The summed E-state index contributed by atoms with van der Waals surface area (Å²) < 4.78 is 88.3. The molecular weight excluding hydrogens is 462 g/mol. The standard InChI is InChI=1S/C16H10F6N2O4S2/c17-15(18,19)9-5-6-13(11(7-9)24(26)27)30(28)8-14(25)23-10-3-1-2-4-12(10)29-16(20,21)22/h1-7H,8H2,(H,23,25)/t30-/m0/s1. The zero-order chi connectivity index (χ0) is 22.7. The smallest absolute Gasteiger partial charge is 0.324 e. The highest BCUT2D eigenvalue weighted by Gasteiger charge is 2.34. The van der Waals surface area contributed by atoms with E-state index in [1.807, 2.05) is 0 Å². The van der Waals surface area contributed by atoms with E-state index in [1.165, 1.54) is 12.1 Å². The first kappa shape index (κ1) is 23.7. The summed E-state index contributed by atoms with van der Waals surface area (Å²) in [6.45, 7) is 0. The molecule has 0 aliphatic heterocycles. The molecule has 0 aromatic heterocycles. The molecule has 0 spiro atoms. The van der Waals surface area contributed by atoms with Crippen LogP contribution in [0.15, 0.2) is 52.3 Å². The summed E-state index contributed by atoms with van der Waals surface area (Å²) in [4.78, 5) is 21.0. The second-order valence-electron chi connectivity index (χ2n) is 5.52. The molecule has 1 N–H and O–H groups in total. The van der Waals surface area contributed by atoms with Crippen molar-refractivity contribution in [2.24, 2.45) is 0 Å². The van der Waals surface area contributed by atoms with E-state index in [9.17, 15) is 45.5 Å². The summed E-state index contributed by atoms with van der Waals surface area (Å²) in [7, 11) is -2.43. The first-order valence-electron chi connectivity index (χ1n) is 7.66. The number of hydrogen-bond acceptors (Lipinski definition) is 5. The quantitative estimate of drug-likeness (QED) is 0.278. The Labute approximate surface area is 171 Å². The Kier molecular flexibility index (Phi) is 7.13. The van der Waals surface area contributed by atoms with Gasteiger partial charge in [0.1, 0.15) is 10.6 Å². The van der Waals surface area contributed by atoms with Crippen molar-refractivity contribution in [3.63, 3.8) is 0 Å². The van der Waals surface area contributed by atoms with Crippen molar-refractivity contribution >= 4 is 39.8 Å². The lowest BCUT2D eigenvalue weighted by Crippen LogP contribution is -2.20. The number of halogens is 6. The summed E-state index contributed by atoms with van der Waals surface area (Å²) in [6.07, 6.45) is -4.87. The molecule has 0 saturated carbocycles. The van der Waals surface area contributed by atoms with Gasteiger partial charge < -0.3 is 5.32 Å². The van der Waals surface area contributed by atoms with Crippen molar-refractivity contribution in [1.82, 2.24) is 0 Å². The van der Waals surface area contributed by atoms with E-state index in [-0.39, 0.29) is 16.6 Å². The molecule has 0 radical (unpaired) electrons. The van der Waals surface area contributed by atoms with Crippen molar-refractivity contribution in [3.8, 4) is 0 Å². The van der Waals surface area contributed by atoms with Gasteiger partial charge in [0.05, 0.1) is 27.0 Å². The van der Waals surface area contributed by atoms with Gasteiger partial charge in [-0.2, -0.15) is 26.3 Å². The zero-order valence-electron chi connectivity index (χ0n) is 14.4. The topological polar surface area (TPSA) is 89.3 Å². The highest BCUT2D eigenvalue weighted by molar-refractivity contribution is 8.00. The number of carbonyl (C=O) groups excluding carboxylic acids is 1. The number of nitro groups is 1. The van der Waals surface area contributed by atoms with Crippen molar-refractivity contribution in [2.75, 3.05) is 11.1 Å². The molecule has 2 aromatic carbocycles. The predicted octanol–water partition coefficient (Wildman–Crippen LogP) is 4.97. The lowest BCUT2D eigenvalue weighted by Gasteiger charge is -2.12. The maximum atomic E-state index is 12.7. The van der Waals surface area contributed by atoms with Crippen LogP contribution in [0.4, 0.5) is 37.7 Å². The summed E-state index contributed by atoms with van der Waals surface area (Å²) in [6, 6.07) is 6.19. The van der Waals surface area contributed by atoms with E-state index in [0.29, 0.717) is 12.1 Å².